The Bertz CT molecular complexity index is 407. The van der Waals surface area contributed by atoms with Crippen molar-refractivity contribution < 1.29 is 14.0 Å². The van der Waals surface area contributed by atoms with Gasteiger partial charge in [-0.05, 0) is 19.1 Å². The molecule has 3 nitrogen and oxygen atoms in total. The Balaban J connectivity index is 2.14. The van der Waals surface area contributed by atoms with E-state index in [0.717, 1.165) is 11.3 Å². The molecule has 17 heavy (non-hydrogen) atoms. The highest BCUT2D eigenvalue weighted by atomic mass is 79.9. The quantitative estimate of drug-likeness (QED) is 0.803. The highest BCUT2D eigenvalue weighted by Gasteiger charge is 2.26. The number of nitrogens with zero attached hydrogens (tertiary/aromatic N) is 1. The molecule has 0 aliphatic carbocycles. The lowest BCUT2D eigenvalue weighted by Crippen LogP contribution is -2.30. The molecule has 0 saturated carbocycles. The lowest BCUT2D eigenvalue weighted by Gasteiger charge is -2.24. The molecule has 1 aliphatic heterocycles. The highest BCUT2D eigenvalue weighted by molar-refractivity contribution is 9.10. The maximum absolute atomic E-state index is 12.8. The highest BCUT2D eigenvalue weighted by Crippen LogP contribution is 2.23. The Labute approximate surface area is 108 Å². The number of ether oxygens (including phenoxy) is 1. The summed E-state index contributed by atoms with van der Waals surface area (Å²) in [5, 5.41) is 4.03. The minimum absolute atomic E-state index is 0.0539. The van der Waals surface area contributed by atoms with Crippen LogP contribution in [0.5, 0.6) is 0 Å². The van der Waals surface area contributed by atoms with Crippen LogP contribution >= 0.6 is 15.9 Å². The van der Waals surface area contributed by atoms with E-state index < -0.39 is 0 Å². The molecule has 0 radical (unpaired) electrons. The van der Waals surface area contributed by atoms with Crippen LogP contribution in [0.2, 0.25) is 0 Å². The molecule has 1 aromatic rings. The van der Waals surface area contributed by atoms with E-state index in [1.54, 1.807) is 12.1 Å². The van der Waals surface area contributed by atoms with Crippen LogP contribution < -0.4 is 0 Å². The van der Waals surface area contributed by atoms with E-state index in [9.17, 15) is 4.39 Å². The zero-order valence-corrected chi connectivity index (χ0v) is 11.0. The molecule has 1 aromatic carbocycles. The van der Waals surface area contributed by atoms with Crippen molar-refractivity contribution in [3.8, 4) is 0 Å². The molecule has 0 saturated heterocycles. The van der Waals surface area contributed by atoms with E-state index in [4.69, 9.17) is 9.57 Å². The van der Waals surface area contributed by atoms with Crippen LogP contribution in [-0.2, 0) is 9.57 Å². The fourth-order valence-corrected chi connectivity index (χ4v) is 2.29. The third-order valence-corrected chi connectivity index (χ3v) is 3.26. The fraction of sp³-hybridized carbons (Fsp3) is 0.417. The van der Waals surface area contributed by atoms with Gasteiger partial charge in [0.25, 0.3) is 0 Å². The van der Waals surface area contributed by atoms with Gasteiger partial charge in [-0.1, -0.05) is 33.2 Å². The molecule has 0 amide bonds. The number of hydrogen-bond acceptors (Lipinski definition) is 3. The van der Waals surface area contributed by atoms with E-state index in [0.29, 0.717) is 13.0 Å². The minimum Gasteiger partial charge on any atom is -0.363 e. The van der Waals surface area contributed by atoms with Crippen molar-refractivity contribution >= 4 is 21.6 Å². The third-order valence-electron chi connectivity index (χ3n) is 2.46. The van der Waals surface area contributed by atoms with Crippen molar-refractivity contribution in [2.24, 2.45) is 5.16 Å². The van der Waals surface area contributed by atoms with Gasteiger partial charge in [0, 0.05) is 18.6 Å². The summed E-state index contributed by atoms with van der Waals surface area (Å²) in [6.07, 6.45) is 0.373. The molecular formula is C12H13BrFNO2. The summed E-state index contributed by atoms with van der Waals surface area (Å²) in [5.41, 5.74) is 1.61. The van der Waals surface area contributed by atoms with Crippen LogP contribution in [0.15, 0.2) is 29.4 Å². The SMILES string of the molecule is CCO[C@H]1C[C@@H](Br)C(c2ccc(F)cc2)=NO1. The first-order valence-corrected chi connectivity index (χ1v) is 6.37. The van der Waals surface area contributed by atoms with Crippen LogP contribution in [0.4, 0.5) is 4.39 Å². The van der Waals surface area contributed by atoms with Gasteiger partial charge in [-0.15, -0.1) is 0 Å². The van der Waals surface area contributed by atoms with Crippen LogP contribution in [0.3, 0.4) is 0 Å². The van der Waals surface area contributed by atoms with Gasteiger partial charge in [-0.2, -0.15) is 0 Å². The smallest absolute Gasteiger partial charge is 0.228 e. The van der Waals surface area contributed by atoms with Gasteiger partial charge in [0.2, 0.25) is 6.29 Å². The van der Waals surface area contributed by atoms with E-state index in [1.165, 1.54) is 12.1 Å². The van der Waals surface area contributed by atoms with Crippen molar-refractivity contribution in [2.75, 3.05) is 6.61 Å². The monoisotopic (exact) mass is 301 g/mol. The number of rotatable bonds is 3. The Hall–Kier alpha value is -0.940. The van der Waals surface area contributed by atoms with Crippen molar-refractivity contribution in [3.63, 3.8) is 0 Å². The molecule has 92 valence electrons. The largest absolute Gasteiger partial charge is 0.363 e. The number of halogens is 2. The molecule has 5 heteroatoms. The Kier molecular flexibility index (Phi) is 4.12. The topological polar surface area (TPSA) is 30.8 Å². The van der Waals surface area contributed by atoms with E-state index in [2.05, 4.69) is 21.1 Å². The molecule has 2 rings (SSSR count). The first-order valence-electron chi connectivity index (χ1n) is 5.46. The normalized spacial score (nSPS) is 24.1. The molecule has 0 fully saturated rings. The molecule has 1 heterocycles. The molecule has 0 spiro atoms. The van der Waals surface area contributed by atoms with Gasteiger partial charge in [-0.3, -0.25) is 0 Å². The van der Waals surface area contributed by atoms with E-state index >= 15 is 0 Å². The van der Waals surface area contributed by atoms with Gasteiger partial charge >= 0.3 is 0 Å². The summed E-state index contributed by atoms with van der Waals surface area (Å²) < 4.78 is 18.1. The Morgan fingerprint density at radius 3 is 2.76 bits per heavy atom. The van der Waals surface area contributed by atoms with Gasteiger partial charge in [-0.25, -0.2) is 4.39 Å². The molecular weight excluding hydrogens is 289 g/mol. The van der Waals surface area contributed by atoms with Crippen LogP contribution in [0.1, 0.15) is 18.9 Å². The number of hydrogen-bond donors (Lipinski definition) is 0. The van der Waals surface area contributed by atoms with Gasteiger partial charge in [0.1, 0.15) is 11.5 Å². The maximum atomic E-state index is 12.8. The number of benzene rings is 1. The van der Waals surface area contributed by atoms with Crippen LogP contribution in [0.25, 0.3) is 0 Å². The van der Waals surface area contributed by atoms with Gasteiger partial charge < -0.3 is 9.57 Å². The number of oxime groups is 1. The van der Waals surface area contributed by atoms with Crippen molar-refractivity contribution in [3.05, 3.63) is 35.6 Å². The summed E-state index contributed by atoms with van der Waals surface area (Å²) in [5.74, 6) is -0.260. The second-order valence-electron chi connectivity index (χ2n) is 3.68. The lowest BCUT2D eigenvalue weighted by atomic mass is 10.0. The average molecular weight is 302 g/mol. The van der Waals surface area contributed by atoms with Crippen molar-refractivity contribution in [1.82, 2.24) is 0 Å². The van der Waals surface area contributed by atoms with E-state index in [1.807, 2.05) is 6.92 Å². The summed E-state index contributed by atoms with van der Waals surface area (Å²) in [4.78, 5) is 5.28. The Morgan fingerprint density at radius 1 is 1.47 bits per heavy atom. The molecule has 1 aliphatic rings. The third kappa shape index (κ3) is 3.04. The lowest BCUT2D eigenvalue weighted by molar-refractivity contribution is -0.145. The molecule has 0 aromatic heterocycles. The first kappa shape index (κ1) is 12.5. The number of alkyl halides is 1. The first-order chi connectivity index (χ1) is 8.20. The predicted octanol–water partition coefficient (Wildman–Crippen LogP) is 3.08. The fourth-order valence-electron chi connectivity index (χ4n) is 1.63. The predicted molar refractivity (Wildman–Crippen MR) is 66.8 cm³/mol. The van der Waals surface area contributed by atoms with Crippen LogP contribution in [0, 0.1) is 5.82 Å². The van der Waals surface area contributed by atoms with E-state index in [-0.39, 0.29) is 16.9 Å². The minimum atomic E-state index is -0.312. The molecule has 0 N–H and O–H groups in total. The summed E-state index contributed by atoms with van der Waals surface area (Å²) in [6.45, 7) is 2.50. The summed E-state index contributed by atoms with van der Waals surface area (Å²) in [6, 6.07) is 6.19. The Morgan fingerprint density at radius 2 is 2.18 bits per heavy atom. The van der Waals surface area contributed by atoms with Crippen molar-refractivity contribution in [1.29, 1.82) is 0 Å². The zero-order chi connectivity index (χ0) is 12.3. The van der Waals surface area contributed by atoms with Crippen molar-refractivity contribution in [2.45, 2.75) is 24.5 Å². The maximum Gasteiger partial charge on any atom is 0.228 e. The van der Waals surface area contributed by atoms with Gasteiger partial charge in [0.05, 0.1) is 4.83 Å². The second kappa shape index (κ2) is 5.60. The molecule has 0 unspecified atom stereocenters. The molecule has 2 atom stereocenters. The summed E-state index contributed by atoms with van der Waals surface area (Å²) >= 11 is 3.54. The standard InChI is InChI=1S/C12H13BrFNO2/c1-2-16-11-7-10(13)12(15-17-11)8-3-5-9(14)6-4-8/h3-6,10-11H,2,7H2,1H3/t10-,11-/m1/s1. The molecule has 0 bridgehead atoms. The van der Waals surface area contributed by atoms with Gasteiger partial charge in [0.15, 0.2) is 0 Å². The second-order valence-corrected chi connectivity index (χ2v) is 4.78. The average Bonchev–Trinajstić information content (AvgIpc) is 2.31. The van der Waals surface area contributed by atoms with Crippen LogP contribution in [-0.4, -0.2) is 23.4 Å². The summed E-state index contributed by atoms with van der Waals surface area (Å²) in [7, 11) is 0. The zero-order valence-electron chi connectivity index (χ0n) is 9.40.